The number of para-hydroxylation sites is 1. The summed E-state index contributed by atoms with van der Waals surface area (Å²) in [5, 5.41) is 5.69. The molecular weight excluding hydrogens is 454 g/mol. The molecule has 2 atom stereocenters. The average Bonchev–Trinajstić information content (AvgIpc) is 2.72. The Bertz CT molecular complexity index is 1070. The lowest BCUT2D eigenvalue weighted by atomic mass is 9.95. The number of aryl methyl sites for hydroxylation is 3. The Balaban J connectivity index is 2.52. The summed E-state index contributed by atoms with van der Waals surface area (Å²) in [5.41, 5.74) is 2.86. The third-order valence-electron chi connectivity index (χ3n) is 5.69. The number of alkyl carbamates (subject to hydrolysis) is 1. The van der Waals surface area contributed by atoms with Crippen molar-refractivity contribution >= 4 is 23.6 Å². The predicted molar refractivity (Wildman–Crippen MR) is 144 cm³/mol. The Morgan fingerprint density at radius 1 is 0.861 bits per heavy atom. The monoisotopic (exact) mass is 495 g/mol. The highest BCUT2D eigenvalue weighted by Gasteiger charge is 2.41. The summed E-state index contributed by atoms with van der Waals surface area (Å²) in [5.74, 6) is -0.723. The maximum atomic E-state index is 13.9. The summed E-state index contributed by atoms with van der Waals surface area (Å²) in [6.45, 7) is 18.3. The Kier molecular flexibility index (Phi) is 8.94. The van der Waals surface area contributed by atoms with Gasteiger partial charge in [-0.3, -0.25) is 9.59 Å². The molecule has 2 aromatic rings. The van der Waals surface area contributed by atoms with Crippen LogP contribution in [0.15, 0.2) is 42.5 Å². The first-order valence-electron chi connectivity index (χ1n) is 12.3. The number of ether oxygens (including phenoxy) is 1. The lowest BCUT2D eigenvalue weighted by molar-refractivity contribution is -0.146. The second-order valence-corrected chi connectivity index (χ2v) is 11.3. The summed E-state index contributed by atoms with van der Waals surface area (Å²) in [6, 6.07) is 11.5. The molecule has 7 nitrogen and oxygen atoms in total. The van der Waals surface area contributed by atoms with Gasteiger partial charge in [-0.1, -0.05) is 48.0 Å². The van der Waals surface area contributed by atoms with Gasteiger partial charge in [-0.25, -0.2) is 4.79 Å². The fraction of sp³-hybridized carbons (Fsp3) is 0.483. The van der Waals surface area contributed by atoms with Gasteiger partial charge in [-0.05, 0) is 85.9 Å². The third kappa shape index (κ3) is 7.57. The molecule has 0 spiro atoms. The van der Waals surface area contributed by atoms with Gasteiger partial charge in [0.1, 0.15) is 17.7 Å². The highest BCUT2D eigenvalue weighted by Crippen LogP contribution is 2.32. The van der Waals surface area contributed by atoms with Crippen LogP contribution in [0.1, 0.15) is 76.8 Å². The van der Waals surface area contributed by atoms with Crippen LogP contribution in [0.4, 0.5) is 10.5 Å². The zero-order valence-electron chi connectivity index (χ0n) is 23.3. The Morgan fingerprint density at radius 2 is 1.39 bits per heavy atom. The molecule has 2 rings (SSSR count). The molecule has 0 heterocycles. The molecule has 2 aromatic carbocycles. The second-order valence-electron chi connectivity index (χ2n) is 11.3. The van der Waals surface area contributed by atoms with Gasteiger partial charge in [0.05, 0.1) is 0 Å². The van der Waals surface area contributed by atoms with E-state index >= 15 is 0 Å². The van der Waals surface area contributed by atoms with Crippen LogP contribution >= 0.6 is 0 Å². The molecule has 7 heteroatoms. The number of carbonyl (C=O) groups is 3. The van der Waals surface area contributed by atoms with Crippen molar-refractivity contribution in [2.45, 2.75) is 92.5 Å². The van der Waals surface area contributed by atoms with Gasteiger partial charge in [-0.15, -0.1) is 0 Å². The van der Waals surface area contributed by atoms with Crippen LogP contribution < -0.4 is 10.6 Å². The predicted octanol–water partition coefficient (Wildman–Crippen LogP) is 5.83. The summed E-state index contributed by atoms with van der Waals surface area (Å²) in [4.78, 5) is 41.7. The number of hydrogen-bond donors (Lipinski definition) is 2. The van der Waals surface area contributed by atoms with Crippen molar-refractivity contribution in [3.63, 3.8) is 0 Å². The minimum atomic E-state index is -0.931. The summed E-state index contributed by atoms with van der Waals surface area (Å²) >= 11 is 0. The van der Waals surface area contributed by atoms with Crippen LogP contribution in [0.2, 0.25) is 0 Å². The van der Waals surface area contributed by atoms with Crippen molar-refractivity contribution in [3.8, 4) is 0 Å². The third-order valence-corrected chi connectivity index (χ3v) is 5.69. The molecule has 0 saturated heterocycles. The van der Waals surface area contributed by atoms with Crippen molar-refractivity contribution in [2.24, 2.45) is 0 Å². The van der Waals surface area contributed by atoms with E-state index in [1.165, 1.54) is 0 Å². The minimum absolute atomic E-state index is 0.330. The van der Waals surface area contributed by atoms with Crippen LogP contribution in [-0.2, 0) is 14.3 Å². The molecule has 0 radical (unpaired) electrons. The van der Waals surface area contributed by atoms with Crippen molar-refractivity contribution in [1.82, 2.24) is 10.2 Å². The highest BCUT2D eigenvalue weighted by atomic mass is 16.6. The van der Waals surface area contributed by atoms with Crippen molar-refractivity contribution in [2.75, 3.05) is 5.32 Å². The molecule has 196 valence electrons. The number of rotatable bonds is 6. The topological polar surface area (TPSA) is 87.7 Å². The molecular formula is C29H41N3O4. The van der Waals surface area contributed by atoms with E-state index in [2.05, 4.69) is 10.6 Å². The Labute approximate surface area is 215 Å². The molecule has 0 aromatic heterocycles. The Hall–Kier alpha value is -3.35. The first-order valence-corrected chi connectivity index (χ1v) is 12.3. The van der Waals surface area contributed by atoms with Gasteiger partial charge in [0.25, 0.3) is 5.91 Å². The molecule has 0 bridgehead atoms. The Morgan fingerprint density at radius 3 is 1.86 bits per heavy atom. The average molecular weight is 496 g/mol. The zero-order valence-corrected chi connectivity index (χ0v) is 23.3. The molecule has 3 amide bonds. The molecule has 0 fully saturated rings. The summed E-state index contributed by atoms with van der Waals surface area (Å²) in [7, 11) is 0. The normalized spacial score (nSPS) is 13.4. The largest absolute Gasteiger partial charge is 0.444 e. The van der Waals surface area contributed by atoms with Gasteiger partial charge in [0.15, 0.2) is 0 Å². The number of nitrogens with one attached hydrogen (secondary N) is 2. The van der Waals surface area contributed by atoms with E-state index in [0.29, 0.717) is 5.56 Å². The van der Waals surface area contributed by atoms with E-state index in [9.17, 15) is 14.4 Å². The van der Waals surface area contributed by atoms with Crippen LogP contribution in [0.25, 0.3) is 0 Å². The number of anilines is 1. The standard InChI is InChI=1S/C29H41N3O4/c1-18-14-16-22(17-15-18)24(25(33)31-23-19(2)12-11-13-20(23)3)32(28(5,6)7)26(34)21(4)30-27(35)36-29(8,9)10/h11-17,21,24H,1-10H3,(H,30,35)(H,31,33). The quantitative estimate of drug-likeness (QED) is 0.528. The molecule has 2 N–H and O–H groups in total. The van der Waals surface area contributed by atoms with Crippen LogP contribution in [-0.4, -0.2) is 40.0 Å². The van der Waals surface area contributed by atoms with Crippen molar-refractivity contribution in [3.05, 3.63) is 64.7 Å². The second kappa shape index (κ2) is 11.1. The molecule has 0 aliphatic rings. The maximum Gasteiger partial charge on any atom is 0.408 e. The van der Waals surface area contributed by atoms with Gasteiger partial charge in [0, 0.05) is 11.2 Å². The van der Waals surface area contributed by atoms with Gasteiger partial charge in [-0.2, -0.15) is 0 Å². The smallest absolute Gasteiger partial charge is 0.408 e. The molecule has 36 heavy (non-hydrogen) atoms. The van der Waals surface area contributed by atoms with Crippen molar-refractivity contribution in [1.29, 1.82) is 0 Å². The number of benzene rings is 2. The van der Waals surface area contributed by atoms with E-state index in [4.69, 9.17) is 4.74 Å². The highest BCUT2D eigenvalue weighted by molar-refractivity contribution is 6.00. The first kappa shape index (κ1) is 28.9. The van der Waals surface area contributed by atoms with Crippen LogP contribution in [0.5, 0.6) is 0 Å². The molecule has 0 saturated carbocycles. The number of hydrogen-bond acceptors (Lipinski definition) is 4. The van der Waals surface area contributed by atoms with Gasteiger partial charge in [0.2, 0.25) is 5.91 Å². The maximum absolute atomic E-state index is 13.9. The summed E-state index contributed by atoms with van der Waals surface area (Å²) in [6.07, 6.45) is -0.691. The molecule has 0 aliphatic carbocycles. The minimum Gasteiger partial charge on any atom is -0.444 e. The number of nitrogens with zero attached hydrogens (tertiary/aromatic N) is 1. The van der Waals surface area contributed by atoms with E-state index in [-0.39, 0.29) is 5.91 Å². The van der Waals surface area contributed by atoms with Crippen LogP contribution in [0.3, 0.4) is 0 Å². The van der Waals surface area contributed by atoms with E-state index in [1.54, 1.807) is 32.6 Å². The van der Waals surface area contributed by atoms with E-state index in [0.717, 1.165) is 22.4 Å². The van der Waals surface area contributed by atoms with E-state index < -0.39 is 35.2 Å². The fourth-order valence-corrected chi connectivity index (χ4v) is 3.97. The summed E-state index contributed by atoms with van der Waals surface area (Å²) < 4.78 is 5.33. The first-order chi connectivity index (χ1) is 16.5. The van der Waals surface area contributed by atoms with E-state index in [1.807, 2.05) is 84.0 Å². The SMILES string of the molecule is Cc1ccc(C(C(=O)Nc2c(C)cccc2C)N(C(=O)C(C)NC(=O)OC(C)(C)C)C(C)(C)C)cc1. The van der Waals surface area contributed by atoms with Crippen LogP contribution in [0, 0.1) is 20.8 Å². The zero-order chi connectivity index (χ0) is 27.4. The fourth-order valence-electron chi connectivity index (χ4n) is 3.97. The number of amides is 3. The lowest BCUT2D eigenvalue weighted by Crippen LogP contribution is -2.57. The number of carbonyl (C=O) groups excluding carboxylic acids is 3. The molecule has 0 aliphatic heterocycles. The van der Waals surface area contributed by atoms with Gasteiger partial charge >= 0.3 is 6.09 Å². The van der Waals surface area contributed by atoms with Crippen molar-refractivity contribution < 1.29 is 19.1 Å². The lowest BCUT2D eigenvalue weighted by Gasteiger charge is -2.42. The molecule has 2 unspecified atom stereocenters. The van der Waals surface area contributed by atoms with Gasteiger partial charge < -0.3 is 20.3 Å².